The van der Waals surface area contributed by atoms with Crippen LogP contribution in [0.4, 0.5) is 0 Å². The molecule has 0 spiro atoms. The van der Waals surface area contributed by atoms with Crippen molar-refractivity contribution in [2.75, 3.05) is 7.11 Å². The van der Waals surface area contributed by atoms with Crippen LogP contribution < -0.4 is 0 Å². The average Bonchev–Trinajstić information content (AvgIpc) is 2.51. The normalized spacial score (nSPS) is 19.4. The van der Waals surface area contributed by atoms with Crippen molar-refractivity contribution in [3.63, 3.8) is 0 Å². The van der Waals surface area contributed by atoms with E-state index in [9.17, 15) is 0 Å². The molecule has 0 bridgehead atoms. The van der Waals surface area contributed by atoms with Crippen LogP contribution in [0.15, 0.2) is 3.34 Å². The molecule has 0 radical (unpaired) electrons. The van der Waals surface area contributed by atoms with Gasteiger partial charge in [-0.05, 0) is 11.8 Å². The van der Waals surface area contributed by atoms with Gasteiger partial charge in [-0.1, -0.05) is 39.5 Å². The first-order valence-corrected chi connectivity index (χ1v) is 10.2. The fourth-order valence-corrected chi connectivity index (χ4v) is 2.19. The van der Waals surface area contributed by atoms with Crippen molar-refractivity contribution in [3.05, 3.63) is 12.8 Å². The predicted octanol–water partition coefficient (Wildman–Crippen LogP) is 5.93. The molecular weight excluding hydrogens is 439 g/mol. The average molecular weight is 478 g/mol. The molecule has 2 rings (SSSR count). The second-order valence-corrected chi connectivity index (χ2v) is 8.09. The number of rotatable bonds is 0. The summed E-state index contributed by atoms with van der Waals surface area (Å²) in [5.74, 6) is 2.01. The Morgan fingerprint density at radius 2 is 1.05 bits per heavy atom. The molecule has 2 nitrogen and oxygen atoms in total. The van der Waals surface area contributed by atoms with Crippen LogP contribution in [0.1, 0.15) is 86.0 Å². The van der Waals surface area contributed by atoms with Crippen LogP contribution >= 0.6 is 0 Å². The number of hydrogen-bond donors (Lipinski definition) is 1. The zero-order valence-corrected chi connectivity index (χ0v) is 19.0. The molecule has 2 saturated carbocycles. The fraction of sp³-hybridized carbons (Fsp3) is 0.895. The molecule has 2 fully saturated rings. The van der Waals surface area contributed by atoms with E-state index in [0.29, 0.717) is 0 Å². The Kier molecular flexibility index (Phi) is 18.4. The van der Waals surface area contributed by atoms with Crippen LogP contribution in [0.2, 0.25) is 0 Å². The summed E-state index contributed by atoms with van der Waals surface area (Å²) >= 11 is 1.15. The maximum absolute atomic E-state index is 7.00. The van der Waals surface area contributed by atoms with E-state index in [-0.39, 0.29) is 5.54 Å². The summed E-state index contributed by atoms with van der Waals surface area (Å²) in [6, 6.07) is 0. The monoisotopic (exact) mass is 478 g/mol. The number of aliphatic hydroxyl groups excluding tert-OH is 1. The summed E-state index contributed by atoms with van der Waals surface area (Å²) < 4.78 is 4.13. The number of nitrogens with zero attached hydrogens (tertiary/aromatic N) is 1. The Morgan fingerprint density at radius 1 is 0.818 bits per heavy atom. The van der Waals surface area contributed by atoms with Gasteiger partial charge in [0, 0.05) is 7.11 Å². The molecule has 0 aromatic heterocycles. The van der Waals surface area contributed by atoms with Gasteiger partial charge in [-0.25, -0.2) is 0 Å². The molecule has 0 amide bonds. The zero-order valence-electron chi connectivity index (χ0n) is 15.8. The van der Waals surface area contributed by atoms with Gasteiger partial charge in [-0.3, -0.25) is 0 Å². The van der Waals surface area contributed by atoms with E-state index in [1.165, 1.54) is 51.4 Å². The molecule has 2 aliphatic carbocycles. The van der Waals surface area contributed by atoms with Crippen LogP contribution in [-0.2, 0) is 20.9 Å². The molecule has 0 aromatic carbocycles. The molecule has 2 aliphatic rings. The van der Waals surface area contributed by atoms with Crippen molar-refractivity contribution >= 4 is 0 Å². The number of aliphatic hydroxyl groups is 1. The van der Waals surface area contributed by atoms with Crippen LogP contribution in [0.25, 0.3) is 0 Å². The molecule has 22 heavy (non-hydrogen) atoms. The van der Waals surface area contributed by atoms with Crippen molar-refractivity contribution in [1.29, 1.82) is 0 Å². The van der Waals surface area contributed by atoms with Gasteiger partial charge in [-0.2, -0.15) is 25.7 Å². The van der Waals surface area contributed by atoms with E-state index >= 15 is 0 Å². The predicted molar refractivity (Wildman–Crippen MR) is 94.2 cm³/mol. The molecule has 1 N–H and O–H groups in total. The summed E-state index contributed by atoms with van der Waals surface area (Å²) in [4.78, 5) is 0. The second-order valence-electron chi connectivity index (χ2n) is 7.37. The third-order valence-electron chi connectivity index (χ3n) is 3.75. The van der Waals surface area contributed by atoms with Crippen molar-refractivity contribution in [1.82, 2.24) is 0 Å². The quantitative estimate of drug-likeness (QED) is 0.431. The second kappa shape index (κ2) is 16.4. The van der Waals surface area contributed by atoms with Crippen LogP contribution in [-0.4, -0.2) is 17.8 Å². The minimum Gasteiger partial charge on any atom is -0.400 e. The van der Waals surface area contributed by atoms with E-state index in [0.717, 1.165) is 39.8 Å². The Hall–Kier alpha value is 0.500. The summed E-state index contributed by atoms with van der Waals surface area (Å²) in [5, 5.41) is 7.00. The SMILES string of the molecule is CC(C)(C)[N]=[Ta].CC1CC[CH-]CC1.CC1CC[CH-]CC1.CO. The summed E-state index contributed by atoms with van der Waals surface area (Å²) in [6.45, 7) is 11.0. The summed E-state index contributed by atoms with van der Waals surface area (Å²) in [7, 11) is 1.00. The van der Waals surface area contributed by atoms with E-state index in [1.54, 1.807) is 0 Å². The van der Waals surface area contributed by atoms with Gasteiger partial charge < -0.3 is 17.9 Å². The van der Waals surface area contributed by atoms with E-state index in [1.807, 2.05) is 0 Å². The first-order chi connectivity index (χ1) is 10.3. The maximum atomic E-state index is 7.00. The zero-order chi connectivity index (χ0) is 17.4. The molecular formula is C19H39NOTa-2. The van der Waals surface area contributed by atoms with Crippen LogP contribution in [0.5, 0.6) is 0 Å². The largest absolute Gasteiger partial charge is 0.400 e. The van der Waals surface area contributed by atoms with Crippen LogP contribution in [0.3, 0.4) is 0 Å². The molecule has 0 aliphatic heterocycles. The first kappa shape index (κ1) is 24.7. The van der Waals surface area contributed by atoms with Crippen LogP contribution in [0, 0.1) is 24.7 Å². The van der Waals surface area contributed by atoms with Gasteiger partial charge in [0.2, 0.25) is 0 Å². The minimum atomic E-state index is 0.216. The van der Waals surface area contributed by atoms with E-state index < -0.39 is 0 Å². The smallest absolute Gasteiger partial charge is 0.0319 e. The third kappa shape index (κ3) is 20.5. The van der Waals surface area contributed by atoms with Gasteiger partial charge in [0.15, 0.2) is 0 Å². The van der Waals surface area contributed by atoms with E-state index in [2.05, 4.69) is 50.8 Å². The van der Waals surface area contributed by atoms with E-state index in [4.69, 9.17) is 5.11 Å². The summed E-state index contributed by atoms with van der Waals surface area (Å²) in [6.07, 6.45) is 16.0. The topological polar surface area (TPSA) is 32.6 Å². The number of hydrogen-bond acceptors (Lipinski definition) is 2. The standard InChI is InChI=1S/2C7H13.C4H9N.CH4O.Ta/c2*1-7-5-3-2-4-6-7;1-4(2,3)5;1-2;/h2*2,7H,3-6H2,1H3;1-3H3;2H,1H3;/q2*-1;;;. The third-order valence-corrected chi connectivity index (χ3v) is 5.91. The Labute approximate surface area is 152 Å². The van der Waals surface area contributed by atoms with Gasteiger partial charge in [-0.15, -0.1) is 0 Å². The van der Waals surface area contributed by atoms with Crippen molar-refractivity contribution < 1.29 is 26.0 Å². The van der Waals surface area contributed by atoms with Crippen molar-refractivity contribution in [2.24, 2.45) is 15.2 Å². The van der Waals surface area contributed by atoms with Gasteiger partial charge in [0.25, 0.3) is 0 Å². The summed E-state index contributed by atoms with van der Waals surface area (Å²) in [5.41, 5.74) is 0.216. The Bertz CT molecular complexity index is 210. The first-order valence-electron chi connectivity index (χ1n) is 8.79. The molecule has 0 heterocycles. The maximum Gasteiger partial charge on any atom is 0.0319 e. The molecule has 0 saturated heterocycles. The van der Waals surface area contributed by atoms with Crippen molar-refractivity contribution in [3.8, 4) is 0 Å². The fourth-order valence-electron chi connectivity index (χ4n) is 2.19. The van der Waals surface area contributed by atoms with Crippen molar-refractivity contribution in [2.45, 2.75) is 91.5 Å². The van der Waals surface area contributed by atoms with Gasteiger partial charge >= 0.3 is 50.5 Å². The Morgan fingerprint density at radius 3 is 1.14 bits per heavy atom. The van der Waals surface area contributed by atoms with Gasteiger partial charge in [0.1, 0.15) is 0 Å². The molecule has 0 atom stereocenters. The molecule has 0 aromatic rings. The van der Waals surface area contributed by atoms with Gasteiger partial charge in [0.05, 0.1) is 0 Å². The molecule has 133 valence electrons. The molecule has 0 unspecified atom stereocenters. The molecule has 3 heteroatoms. The minimum absolute atomic E-state index is 0.216. The Balaban J connectivity index is 0.